The summed E-state index contributed by atoms with van der Waals surface area (Å²) in [5.41, 5.74) is 1.81. The van der Waals surface area contributed by atoms with Gasteiger partial charge in [0.15, 0.2) is 0 Å². The second-order valence-corrected chi connectivity index (χ2v) is 24.9. The lowest BCUT2D eigenvalue weighted by Crippen LogP contribution is -2.65. The van der Waals surface area contributed by atoms with Gasteiger partial charge >= 0.3 is 26.4 Å². The van der Waals surface area contributed by atoms with Gasteiger partial charge in [-0.1, -0.05) is 88.4 Å². The SMILES string of the molecule is CC1(C)[C@@H]2C[C@H]3OB([C@@H]4CCCN4C(=O)CN(C(=O)OCc4ccccc4)[C@@H]4CCN(C(=O)OCc5ccccc5)C4)O[C@@]3(C)[C@H]1C2.CC1(C)[C@@H]2C[C@H]3OB([C@@H]4CCCN4C(=O)CN[C@@H]4CCNC4)O[C@@]3(C)[C@H]1C2. The first-order valence-corrected chi connectivity index (χ1v) is 28.2. The molecule has 6 saturated heterocycles. The molecule has 12 aliphatic rings. The molecule has 74 heavy (non-hydrogen) atoms. The fraction of sp³-hybridized carbons (Fsp3) is 0.714. The Bertz CT molecular complexity index is 2370. The predicted octanol–water partition coefficient (Wildman–Crippen LogP) is 6.49. The van der Waals surface area contributed by atoms with Crippen LogP contribution in [-0.4, -0.2) is 158 Å². The Kier molecular flexibility index (Phi) is 14.5. The third kappa shape index (κ3) is 9.68. The number of carbonyl (C=O) groups excluding carboxylic acids is 4. The summed E-state index contributed by atoms with van der Waals surface area (Å²) in [6.45, 7) is 18.6. The fourth-order valence-corrected chi connectivity index (χ4v) is 15.4. The summed E-state index contributed by atoms with van der Waals surface area (Å²) in [5.74, 6) is 2.31. The topological polar surface area (TPSA) is 161 Å². The van der Waals surface area contributed by atoms with Gasteiger partial charge in [-0.2, -0.15) is 0 Å². The van der Waals surface area contributed by atoms with E-state index in [1.807, 2.05) is 70.5 Å². The molecule has 14 rings (SSSR count). The van der Waals surface area contributed by atoms with Crippen molar-refractivity contribution in [2.75, 3.05) is 52.4 Å². The minimum absolute atomic E-state index is 0.0393. The number of nitrogens with zero attached hydrogens (tertiary/aromatic N) is 4. The number of hydrogen-bond acceptors (Lipinski definition) is 12. The van der Waals surface area contributed by atoms with Crippen LogP contribution in [0.15, 0.2) is 60.7 Å². The van der Waals surface area contributed by atoms with Gasteiger partial charge in [-0.25, -0.2) is 9.59 Å². The maximum absolute atomic E-state index is 14.1. The van der Waals surface area contributed by atoms with Crippen molar-refractivity contribution >= 4 is 38.2 Å². The minimum atomic E-state index is -0.573. The summed E-state index contributed by atoms with van der Waals surface area (Å²) in [6.07, 6.45) is 9.04. The lowest BCUT2D eigenvalue weighted by molar-refractivity contribution is -0.199. The Morgan fingerprint density at radius 3 is 1.76 bits per heavy atom. The molecule has 4 bridgehead atoms. The molecule has 6 aliphatic carbocycles. The van der Waals surface area contributed by atoms with E-state index in [0.717, 1.165) is 81.6 Å². The average Bonchev–Trinajstić information content (AvgIpc) is 4.28. The molecule has 4 amide bonds. The van der Waals surface area contributed by atoms with Gasteiger partial charge in [0, 0.05) is 38.8 Å². The van der Waals surface area contributed by atoms with Crippen LogP contribution in [0.1, 0.15) is 117 Å². The van der Waals surface area contributed by atoms with E-state index >= 15 is 0 Å². The van der Waals surface area contributed by atoms with E-state index in [-0.39, 0.29) is 92.0 Å². The van der Waals surface area contributed by atoms with Crippen molar-refractivity contribution in [3.8, 4) is 0 Å². The van der Waals surface area contributed by atoms with Gasteiger partial charge in [0.1, 0.15) is 19.8 Å². The van der Waals surface area contributed by atoms with Crippen LogP contribution in [0.5, 0.6) is 0 Å². The van der Waals surface area contributed by atoms with E-state index in [2.05, 4.69) is 52.2 Å². The quantitative estimate of drug-likeness (QED) is 0.223. The molecule has 0 unspecified atom stereocenters. The number of carbonyl (C=O) groups is 4. The maximum atomic E-state index is 14.1. The molecule has 18 heteroatoms. The maximum Gasteiger partial charge on any atom is 0.481 e. The molecule has 12 fully saturated rings. The number of benzene rings is 2. The summed E-state index contributed by atoms with van der Waals surface area (Å²) < 4.78 is 37.7. The highest BCUT2D eigenvalue weighted by atomic mass is 16.7. The van der Waals surface area contributed by atoms with Crippen molar-refractivity contribution in [2.45, 2.75) is 166 Å². The highest BCUT2D eigenvalue weighted by Crippen LogP contribution is 2.67. The lowest BCUT2D eigenvalue weighted by Gasteiger charge is -2.64. The van der Waals surface area contributed by atoms with E-state index in [0.29, 0.717) is 55.3 Å². The molecule has 0 radical (unpaired) electrons. The normalized spacial score (nSPS) is 35.8. The predicted molar refractivity (Wildman–Crippen MR) is 279 cm³/mol. The number of rotatable bonds is 12. The van der Waals surface area contributed by atoms with Gasteiger partial charge in [0.2, 0.25) is 11.8 Å². The van der Waals surface area contributed by atoms with Crippen LogP contribution >= 0.6 is 0 Å². The van der Waals surface area contributed by atoms with Gasteiger partial charge in [0.05, 0.1) is 47.9 Å². The van der Waals surface area contributed by atoms with Crippen molar-refractivity contribution in [1.29, 1.82) is 0 Å². The first-order valence-electron chi connectivity index (χ1n) is 28.2. The van der Waals surface area contributed by atoms with Gasteiger partial charge in [-0.3, -0.25) is 14.5 Å². The fourth-order valence-electron chi connectivity index (χ4n) is 15.4. The zero-order valence-corrected chi connectivity index (χ0v) is 44.7. The van der Waals surface area contributed by atoms with E-state index in [9.17, 15) is 19.2 Å². The number of likely N-dealkylation sites (tertiary alicyclic amines) is 3. The summed E-state index contributed by atoms with van der Waals surface area (Å²) >= 11 is 0. The molecule has 6 aliphatic heterocycles. The smallest absolute Gasteiger partial charge is 0.445 e. The van der Waals surface area contributed by atoms with Crippen LogP contribution in [0, 0.1) is 34.5 Å². The summed E-state index contributed by atoms with van der Waals surface area (Å²) in [4.78, 5) is 60.5. The molecule has 12 atom stereocenters. The van der Waals surface area contributed by atoms with Crippen molar-refractivity contribution in [3.63, 3.8) is 0 Å². The zero-order valence-electron chi connectivity index (χ0n) is 44.7. The summed E-state index contributed by atoms with van der Waals surface area (Å²) in [5, 5.41) is 6.75. The van der Waals surface area contributed by atoms with Crippen LogP contribution in [0.4, 0.5) is 9.59 Å². The third-order valence-corrected chi connectivity index (χ3v) is 20.2. The molecular formula is C56H80B2N6O10. The highest BCUT2D eigenvalue weighted by molar-refractivity contribution is 6.48. The second-order valence-electron chi connectivity index (χ2n) is 24.9. The first-order chi connectivity index (χ1) is 35.5. The van der Waals surface area contributed by atoms with Crippen molar-refractivity contribution in [3.05, 3.63) is 71.8 Å². The van der Waals surface area contributed by atoms with Crippen LogP contribution in [0.2, 0.25) is 0 Å². The van der Waals surface area contributed by atoms with E-state index in [1.54, 1.807) is 4.90 Å². The average molecular weight is 1020 g/mol. The Labute approximate surface area is 439 Å². The number of ether oxygens (including phenoxy) is 2. The Morgan fingerprint density at radius 1 is 0.689 bits per heavy atom. The molecule has 2 aromatic carbocycles. The lowest BCUT2D eigenvalue weighted by atomic mass is 9.43. The third-order valence-electron chi connectivity index (χ3n) is 20.2. The summed E-state index contributed by atoms with van der Waals surface area (Å²) in [7, 11) is -0.735. The van der Waals surface area contributed by atoms with Crippen LogP contribution in [-0.2, 0) is 50.9 Å². The zero-order chi connectivity index (χ0) is 51.6. The van der Waals surface area contributed by atoms with Crippen molar-refractivity contribution in [1.82, 2.24) is 30.2 Å². The molecular weight excluding hydrogens is 938 g/mol. The van der Waals surface area contributed by atoms with Gasteiger partial charge in [-0.15, -0.1) is 0 Å². The number of amides is 4. The molecule has 6 saturated carbocycles. The van der Waals surface area contributed by atoms with Crippen LogP contribution < -0.4 is 10.6 Å². The van der Waals surface area contributed by atoms with Gasteiger partial charge < -0.3 is 53.4 Å². The highest BCUT2D eigenvalue weighted by Gasteiger charge is 2.70. The first kappa shape index (κ1) is 51.9. The van der Waals surface area contributed by atoms with Crippen molar-refractivity contribution < 1.29 is 47.3 Å². The molecule has 400 valence electrons. The van der Waals surface area contributed by atoms with E-state index < -0.39 is 19.3 Å². The Hall–Kier alpha value is -4.19. The molecule has 2 N–H and O–H groups in total. The molecule has 0 spiro atoms. The standard InChI is InChI=1S/C36H46BN3O7.C20H34BN3O3/c1-35(2)27-19-29(35)36(3)30(20-27)46-37(47-36)31-15-10-17-39(31)32(41)22-40(34(43)45-24-26-13-8-5-9-14-26)28-16-18-38(21-28)33(42)44-23-25-11-6-4-7-12-25;1-19(2)13-9-15(19)20(3)16(10-13)26-21(27-20)17-5-4-8-24(17)18(25)12-23-14-6-7-22-11-14/h4-9,11-14,27-31H,10,15-24H2,1-3H3;13-17,22-23H,4-12H2,1-3H3/t27-,28+,29-,30+,31-,36-;13-,14+,15-,16+,17-,20-/m00/s1. The summed E-state index contributed by atoms with van der Waals surface area (Å²) in [6, 6.07) is 19.0. The van der Waals surface area contributed by atoms with E-state index in [4.69, 9.17) is 28.1 Å². The number of hydrogen-bond donors (Lipinski definition) is 2. The van der Waals surface area contributed by atoms with Gasteiger partial charge in [0.25, 0.3) is 0 Å². The molecule has 16 nitrogen and oxygen atoms in total. The second kappa shape index (κ2) is 20.6. The number of nitrogens with one attached hydrogen (secondary N) is 2. The molecule has 2 aromatic rings. The van der Waals surface area contributed by atoms with Crippen LogP contribution in [0.25, 0.3) is 0 Å². The monoisotopic (exact) mass is 1020 g/mol. The molecule has 0 aromatic heterocycles. The molecule has 6 heterocycles. The minimum Gasteiger partial charge on any atom is -0.445 e. The van der Waals surface area contributed by atoms with Gasteiger partial charge in [-0.05, 0) is 130 Å². The van der Waals surface area contributed by atoms with E-state index in [1.165, 1.54) is 17.7 Å². The largest absolute Gasteiger partial charge is 0.481 e. The Balaban J connectivity index is 0.000000184. The van der Waals surface area contributed by atoms with Crippen LogP contribution in [0.3, 0.4) is 0 Å². The van der Waals surface area contributed by atoms with Crippen molar-refractivity contribution in [2.24, 2.45) is 34.5 Å². The Morgan fingerprint density at radius 2 is 1.23 bits per heavy atom.